The molecule has 0 amide bonds. The van der Waals surface area contributed by atoms with Gasteiger partial charge in [0.2, 0.25) is 0 Å². The third-order valence-corrected chi connectivity index (χ3v) is 0.869. The number of halogens is 1. The topological polar surface area (TPSA) is 12.0 Å². The van der Waals surface area contributed by atoms with Gasteiger partial charge in [-0.3, -0.25) is 0 Å². The highest BCUT2D eigenvalue weighted by molar-refractivity contribution is 4.52. The highest BCUT2D eigenvalue weighted by atomic mass is 19.1. The zero-order valence-corrected chi connectivity index (χ0v) is 4.87. The summed E-state index contributed by atoms with van der Waals surface area (Å²) in [7, 11) is 1.75. The van der Waals surface area contributed by atoms with E-state index in [-0.39, 0.29) is 1.43 Å². The van der Waals surface area contributed by atoms with Crippen molar-refractivity contribution < 1.29 is 5.82 Å². The zero-order chi connectivity index (χ0) is 5.70. The Balaban J connectivity index is 0. The van der Waals surface area contributed by atoms with Crippen LogP contribution in [0.5, 0.6) is 0 Å². The first kappa shape index (κ1) is 6.89. The van der Waals surface area contributed by atoms with Crippen molar-refractivity contribution in [1.82, 2.24) is 5.32 Å². The van der Waals surface area contributed by atoms with Gasteiger partial charge in [-0.1, -0.05) is 6.92 Å². The van der Waals surface area contributed by atoms with Crippen molar-refractivity contribution in [1.29, 1.82) is 0 Å². The maximum absolute atomic E-state index is 12.1. The number of hydrogen-bond donors (Lipinski definition) is 1. The van der Waals surface area contributed by atoms with E-state index < -0.39 is 6.17 Å². The number of rotatable bonds is 3. The van der Waals surface area contributed by atoms with Crippen LogP contribution in [0.2, 0.25) is 0 Å². The maximum Gasteiger partial charge on any atom is 0.112 e. The Kier molecular flexibility index (Phi) is 4.00. The van der Waals surface area contributed by atoms with E-state index in [0.717, 1.165) is 0 Å². The molecule has 46 valence electrons. The Labute approximate surface area is 45.4 Å². The van der Waals surface area contributed by atoms with E-state index in [1.807, 2.05) is 6.92 Å². The molecule has 7 heavy (non-hydrogen) atoms. The highest BCUT2D eigenvalue weighted by Crippen LogP contribution is 1.91. The second-order valence-electron chi connectivity index (χ2n) is 1.56. The van der Waals surface area contributed by atoms with Crippen LogP contribution < -0.4 is 5.32 Å². The lowest BCUT2D eigenvalue weighted by atomic mass is 10.3. The third-order valence-electron chi connectivity index (χ3n) is 0.869. The summed E-state index contributed by atoms with van der Waals surface area (Å²) in [6, 6.07) is 0. The first-order valence-electron chi connectivity index (χ1n) is 2.60. The van der Waals surface area contributed by atoms with Crippen LogP contribution in [0.1, 0.15) is 14.8 Å². The zero-order valence-electron chi connectivity index (χ0n) is 4.87. The summed E-state index contributed by atoms with van der Waals surface area (Å²) in [5, 5.41) is 2.74. The lowest BCUT2D eigenvalue weighted by Gasteiger charge is -2.00. The van der Waals surface area contributed by atoms with E-state index in [2.05, 4.69) is 5.32 Å². The fourth-order valence-corrected chi connectivity index (χ4v) is 0.366. The van der Waals surface area contributed by atoms with Crippen LogP contribution in [0.3, 0.4) is 0 Å². The molecule has 0 aliphatic rings. The van der Waals surface area contributed by atoms with Crippen LogP contribution in [0.15, 0.2) is 0 Å². The predicted molar refractivity (Wildman–Crippen MR) is 31.2 cm³/mol. The summed E-state index contributed by atoms with van der Waals surface area (Å²) in [5.41, 5.74) is 0. The quantitative estimate of drug-likeness (QED) is 0.571. The number of hydrogen-bond acceptors (Lipinski definition) is 1. The van der Waals surface area contributed by atoms with Gasteiger partial charge in [0.15, 0.2) is 0 Å². The molecule has 0 saturated heterocycles. The van der Waals surface area contributed by atoms with Gasteiger partial charge in [-0.25, -0.2) is 4.39 Å². The molecule has 0 aliphatic carbocycles. The van der Waals surface area contributed by atoms with Crippen LogP contribution in [0.4, 0.5) is 4.39 Å². The summed E-state index contributed by atoms with van der Waals surface area (Å²) >= 11 is 0. The van der Waals surface area contributed by atoms with E-state index in [1.165, 1.54) is 0 Å². The molecule has 2 heteroatoms. The molecule has 0 spiro atoms. The Bertz CT molecular complexity index is 43.4. The van der Waals surface area contributed by atoms with Crippen molar-refractivity contribution in [2.24, 2.45) is 0 Å². The second-order valence-corrected chi connectivity index (χ2v) is 1.56. The van der Waals surface area contributed by atoms with Crippen molar-refractivity contribution in [2.75, 3.05) is 13.6 Å². The average molecular weight is 107 g/mol. The summed E-state index contributed by atoms with van der Waals surface area (Å²) in [6.45, 7) is 2.32. The van der Waals surface area contributed by atoms with Crippen molar-refractivity contribution >= 4 is 0 Å². The molecule has 0 rings (SSSR count). The molecule has 0 aliphatic heterocycles. The SMILES string of the molecule is CC[C@@H](F)CNC.[HH]. The largest absolute Gasteiger partial charge is 0.317 e. The summed E-state index contributed by atoms with van der Waals surface area (Å²) in [4.78, 5) is 0. The predicted octanol–water partition coefficient (Wildman–Crippen LogP) is 1.20. The monoisotopic (exact) mass is 107 g/mol. The van der Waals surface area contributed by atoms with Gasteiger partial charge in [0.1, 0.15) is 6.17 Å². The van der Waals surface area contributed by atoms with Gasteiger partial charge in [-0.15, -0.1) is 0 Å². The summed E-state index contributed by atoms with van der Waals surface area (Å²) in [6.07, 6.45) is -0.0501. The Hall–Kier alpha value is -0.110. The van der Waals surface area contributed by atoms with Gasteiger partial charge in [-0.2, -0.15) is 0 Å². The van der Waals surface area contributed by atoms with Gasteiger partial charge in [0.25, 0.3) is 0 Å². The number of nitrogens with one attached hydrogen (secondary N) is 1. The average Bonchev–Trinajstić information content (AvgIpc) is 1.68. The van der Waals surface area contributed by atoms with Crippen LogP contribution in [0.25, 0.3) is 0 Å². The first-order chi connectivity index (χ1) is 3.31. The molecular weight excluding hydrogens is 93.1 g/mol. The molecule has 0 aromatic carbocycles. The van der Waals surface area contributed by atoms with Gasteiger partial charge >= 0.3 is 0 Å². The molecule has 1 nitrogen and oxygen atoms in total. The fourth-order valence-electron chi connectivity index (χ4n) is 0.366. The van der Waals surface area contributed by atoms with E-state index in [1.54, 1.807) is 7.05 Å². The molecule has 0 aromatic heterocycles. The van der Waals surface area contributed by atoms with Crippen LogP contribution in [-0.4, -0.2) is 19.8 Å². The normalized spacial score (nSPS) is 14.1. The van der Waals surface area contributed by atoms with Gasteiger partial charge in [-0.05, 0) is 13.5 Å². The van der Waals surface area contributed by atoms with Crippen LogP contribution in [0, 0.1) is 0 Å². The molecule has 0 heterocycles. The Morgan fingerprint density at radius 2 is 2.43 bits per heavy atom. The maximum atomic E-state index is 12.1. The molecule has 0 unspecified atom stereocenters. The van der Waals surface area contributed by atoms with E-state index in [9.17, 15) is 4.39 Å². The van der Waals surface area contributed by atoms with Crippen molar-refractivity contribution in [2.45, 2.75) is 19.5 Å². The minimum absolute atomic E-state index is 0. The molecule has 0 fully saturated rings. The van der Waals surface area contributed by atoms with E-state index >= 15 is 0 Å². The van der Waals surface area contributed by atoms with Gasteiger partial charge < -0.3 is 5.32 Å². The van der Waals surface area contributed by atoms with Gasteiger partial charge in [0, 0.05) is 7.97 Å². The minimum Gasteiger partial charge on any atom is -0.317 e. The van der Waals surface area contributed by atoms with Gasteiger partial charge in [0.05, 0.1) is 0 Å². The molecule has 0 saturated carbocycles. The molecule has 0 radical (unpaired) electrons. The van der Waals surface area contributed by atoms with E-state index in [4.69, 9.17) is 0 Å². The lowest BCUT2D eigenvalue weighted by Crippen LogP contribution is -2.18. The number of alkyl halides is 1. The van der Waals surface area contributed by atoms with E-state index in [0.29, 0.717) is 13.0 Å². The molecule has 0 aromatic rings. The summed E-state index contributed by atoms with van der Waals surface area (Å²) in [5.74, 6) is 0. The molecule has 0 bridgehead atoms. The van der Waals surface area contributed by atoms with Crippen molar-refractivity contribution in [3.05, 3.63) is 0 Å². The van der Waals surface area contributed by atoms with Crippen LogP contribution in [-0.2, 0) is 0 Å². The Morgan fingerprint density at radius 1 is 1.86 bits per heavy atom. The lowest BCUT2D eigenvalue weighted by molar-refractivity contribution is 0.317. The molecule has 1 N–H and O–H groups in total. The molecule has 1 atom stereocenters. The fraction of sp³-hybridized carbons (Fsp3) is 1.00. The Morgan fingerprint density at radius 3 is 2.57 bits per heavy atom. The minimum atomic E-state index is -0.662. The molecular formula is C5H14FN. The van der Waals surface area contributed by atoms with Crippen LogP contribution >= 0.6 is 0 Å². The first-order valence-corrected chi connectivity index (χ1v) is 2.60. The summed E-state index contributed by atoms with van der Waals surface area (Å²) < 4.78 is 12.1. The standard InChI is InChI=1S/C5H12FN.H2/c1-3-5(6)4-7-2;/h5,7H,3-4H2,1-2H3;1H/t5-;/m1./s1. The highest BCUT2D eigenvalue weighted by Gasteiger charge is 1.97. The third kappa shape index (κ3) is 3.73. The second kappa shape index (κ2) is 4.06. The van der Waals surface area contributed by atoms with Crippen molar-refractivity contribution in [3.63, 3.8) is 0 Å². The van der Waals surface area contributed by atoms with Crippen molar-refractivity contribution in [3.8, 4) is 0 Å². The smallest absolute Gasteiger partial charge is 0.112 e.